The molecule has 0 aromatic carbocycles. The minimum Gasteiger partial charge on any atom is -0.332 e. The predicted molar refractivity (Wildman–Crippen MR) is 57.1 cm³/mol. The van der Waals surface area contributed by atoms with Gasteiger partial charge in [-0.1, -0.05) is 6.58 Å². The fourth-order valence-electron chi connectivity index (χ4n) is 2.11. The molecular weight excluding hydrogens is 190 g/mol. The van der Waals surface area contributed by atoms with Crippen molar-refractivity contribution in [2.75, 3.05) is 6.54 Å². The minimum atomic E-state index is 0.0151. The first-order valence-electron chi connectivity index (χ1n) is 5.14. The molecule has 1 saturated heterocycles. The summed E-state index contributed by atoms with van der Waals surface area (Å²) in [6.07, 6.45) is 7.26. The van der Waals surface area contributed by atoms with Crippen LogP contribution in [-0.2, 0) is 11.8 Å². The van der Waals surface area contributed by atoms with Crippen LogP contribution in [0.5, 0.6) is 0 Å². The lowest BCUT2D eigenvalue weighted by Gasteiger charge is -2.22. The van der Waals surface area contributed by atoms with Crippen molar-refractivity contribution in [3.63, 3.8) is 0 Å². The summed E-state index contributed by atoms with van der Waals surface area (Å²) < 4.78 is 1.77. The van der Waals surface area contributed by atoms with Gasteiger partial charge in [-0.3, -0.25) is 9.48 Å². The van der Waals surface area contributed by atoms with Crippen LogP contribution < -0.4 is 0 Å². The first kappa shape index (κ1) is 9.96. The maximum absolute atomic E-state index is 11.6. The third-order valence-electron chi connectivity index (χ3n) is 2.82. The van der Waals surface area contributed by atoms with Gasteiger partial charge >= 0.3 is 0 Å². The molecule has 4 nitrogen and oxygen atoms in total. The molecule has 1 aromatic rings. The van der Waals surface area contributed by atoms with E-state index in [0.717, 1.165) is 24.9 Å². The predicted octanol–water partition coefficient (Wildman–Crippen LogP) is 1.27. The molecule has 15 heavy (non-hydrogen) atoms. The quantitative estimate of drug-likeness (QED) is 0.682. The first-order valence-corrected chi connectivity index (χ1v) is 5.14. The van der Waals surface area contributed by atoms with E-state index >= 15 is 0 Å². The molecule has 0 N–H and O–H groups in total. The van der Waals surface area contributed by atoms with E-state index in [4.69, 9.17) is 0 Å². The van der Waals surface area contributed by atoms with Crippen molar-refractivity contribution in [1.29, 1.82) is 0 Å². The summed E-state index contributed by atoms with van der Waals surface area (Å²) in [5.41, 5.74) is 1.12. The van der Waals surface area contributed by atoms with Gasteiger partial charge in [0.15, 0.2) is 0 Å². The van der Waals surface area contributed by atoms with Crippen LogP contribution in [0.2, 0.25) is 0 Å². The van der Waals surface area contributed by atoms with Gasteiger partial charge in [0, 0.05) is 25.4 Å². The van der Waals surface area contributed by atoms with Crippen LogP contribution in [0.25, 0.3) is 0 Å². The lowest BCUT2D eigenvalue weighted by Crippen LogP contribution is -2.28. The highest BCUT2D eigenvalue weighted by atomic mass is 16.2. The number of aromatic nitrogens is 2. The Kier molecular flexibility index (Phi) is 2.58. The number of aryl methyl sites for hydroxylation is 1. The molecule has 0 aliphatic carbocycles. The van der Waals surface area contributed by atoms with Crippen molar-refractivity contribution in [1.82, 2.24) is 14.7 Å². The molecule has 0 spiro atoms. The molecule has 2 rings (SSSR count). The van der Waals surface area contributed by atoms with E-state index < -0.39 is 0 Å². The lowest BCUT2D eigenvalue weighted by molar-refractivity contribution is -0.126. The van der Waals surface area contributed by atoms with E-state index in [1.807, 2.05) is 24.3 Å². The Morgan fingerprint density at radius 2 is 2.53 bits per heavy atom. The molecule has 4 heteroatoms. The number of likely N-dealkylation sites (tertiary alicyclic amines) is 1. The maximum atomic E-state index is 11.6. The smallest absolute Gasteiger partial charge is 0.246 e. The number of rotatable bonds is 2. The fourth-order valence-corrected chi connectivity index (χ4v) is 2.11. The molecule has 2 heterocycles. The lowest BCUT2D eigenvalue weighted by atomic mass is 10.1. The van der Waals surface area contributed by atoms with E-state index in [2.05, 4.69) is 11.7 Å². The Balaban J connectivity index is 2.21. The van der Waals surface area contributed by atoms with E-state index in [-0.39, 0.29) is 11.9 Å². The third kappa shape index (κ3) is 1.79. The van der Waals surface area contributed by atoms with Crippen molar-refractivity contribution in [3.8, 4) is 0 Å². The van der Waals surface area contributed by atoms with Crippen LogP contribution in [0.3, 0.4) is 0 Å². The summed E-state index contributed by atoms with van der Waals surface area (Å²) in [5, 5.41) is 4.13. The monoisotopic (exact) mass is 205 g/mol. The van der Waals surface area contributed by atoms with Gasteiger partial charge in [0.1, 0.15) is 0 Å². The molecule has 1 atom stereocenters. The van der Waals surface area contributed by atoms with Gasteiger partial charge in [-0.2, -0.15) is 5.10 Å². The second kappa shape index (κ2) is 3.88. The fraction of sp³-hybridized carbons (Fsp3) is 0.455. The zero-order valence-corrected chi connectivity index (χ0v) is 8.89. The molecule has 1 fully saturated rings. The van der Waals surface area contributed by atoms with Crippen LogP contribution in [-0.4, -0.2) is 27.1 Å². The van der Waals surface area contributed by atoms with Gasteiger partial charge in [0.2, 0.25) is 5.91 Å². The number of carbonyl (C=O) groups excluding carboxylic acids is 1. The molecule has 1 unspecified atom stereocenters. The van der Waals surface area contributed by atoms with Crippen molar-refractivity contribution < 1.29 is 4.79 Å². The van der Waals surface area contributed by atoms with Gasteiger partial charge in [-0.05, 0) is 18.9 Å². The second-order valence-corrected chi connectivity index (χ2v) is 3.84. The standard InChI is InChI=1S/C11H15N3O/c1-3-11(15)14-6-4-5-10(14)9-7-12-13(2)8-9/h3,7-8,10H,1,4-6H2,2H3. The Morgan fingerprint density at radius 1 is 1.73 bits per heavy atom. The largest absolute Gasteiger partial charge is 0.332 e. The van der Waals surface area contributed by atoms with Crippen LogP contribution in [0.4, 0.5) is 0 Å². The number of nitrogens with zero attached hydrogens (tertiary/aromatic N) is 3. The molecule has 80 valence electrons. The Labute approximate surface area is 89.2 Å². The maximum Gasteiger partial charge on any atom is 0.246 e. The van der Waals surface area contributed by atoms with Crippen molar-refractivity contribution in [3.05, 3.63) is 30.6 Å². The Hall–Kier alpha value is -1.58. The van der Waals surface area contributed by atoms with Crippen LogP contribution in [0.1, 0.15) is 24.4 Å². The molecular formula is C11H15N3O. The summed E-state index contributed by atoms with van der Waals surface area (Å²) in [4.78, 5) is 13.5. The normalized spacial score (nSPS) is 20.6. The van der Waals surface area contributed by atoms with E-state index in [0.29, 0.717) is 0 Å². The third-order valence-corrected chi connectivity index (χ3v) is 2.82. The van der Waals surface area contributed by atoms with Gasteiger partial charge in [0.25, 0.3) is 0 Å². The minimum absolute atomic E-state index is 0.0151. The Bertz CT molecular complexity index is 383. The summed E-state index contributed by atoms with van der Waals surface area (Å²) in [6, 6.07) is 0.184. The summed E-state index contributed by atoms with van der Waals surface area (Å²) >= 11 is 0. The number of hydrogen-bond acceptors (Lipinski definition) is 2. The highest BCUT2D eigenvalue weighted by molar-refractivity contribution is 5.87. The number of amides is 1. The molecule has 1 aromatic heterocycles. The second-order valence-electron chi connectivity index (χ2n) is 3.84. The van der Waals surface area contributed by atoms with E-state index in [1.165, 1.54) is 6.08 Å². The number of carbonyl (C=O) groups is 1. The van der Waals surface area contributed by atoms with E-state index in [9.17, 15) is 4.79 Å². The topological polar surface area (TPSA) is 38.1 Å². The zero-order chi connectivity index (χ0) is 10.8. The summed E-state index contributed by atoms with van der Waals surface area (Å²) in [5.74, 6) is 0.0151. The number of hydrogen-bond donors (Lipinski definition) is 0. The van der Waals surface area contributed by atoms with Crippen LogP contribution in [0.15, 0.2) is 25.0 Å². The zero-order valence-electron chi connectivity index (χ0n) is 8.89. The molecule has 1 amide bonds. The highest BCUT2D eigenvalue weighted by Gasteiger charge is 2.29. The first-order chi connectivity index (χ1) is 7.22. The van der Waals surface area contributed by atoms with E-state index in [1.54, 1.807) is 4.68 Å². The SMILES string of the molecule is C=CC(=O)N1CCCC1c1cnn(C)c1. The highest BCUT2D eigenvalue weighted by Crippen LogP contribution is 2.31. The van der Waals surface area contributed by atoms with Gasteiger partial charge in [-0.25, -0.2) is 0 Å². The van der Waals surface area contributed by atoms with Gasteiger partial charge in [-0.15, -0.1) is 0 Å². The molecule has 0 bridgehead atoms. The molecule has 1 aliphatic heterocycles. The Morgan fingerprint density at radius 3 is 3.13 bits per heavy atom. The van der Waals surface area contributed by atoms with Crippen LogP contribution in [0, 0.1) is 0 Å². The molecule has 1 aliphatic rings. The average Bonchev–Trinajstić information content (AvgIpc) is 2.84. The molecule has 0 saturated carbocycles. The van der Waals surface area contributed by atoms with Crippen molar-refractivity contribution in [2.45, 2.75) is 18.9 Å². The van der Waals surface area contributed by atoms with Crippen molar-refractivity contribution in [2.24, 2.45) is 7.05 Å². The summed E-state index contributed by atoms with van der Waals surface area (Å²) in [6.45, 7) is 4.35. The molecule has 0 radical (unpaired) electrons. The average molecular weight is 205 g/mol. The van der Waals surface area contributed by atoms with Gasteiger partial charge < -0.3 is 4.90 Å². The van der Waals surface area contributed by atoms with Gasteiger partial charge in [0.05, 0.1) is 12.2 Å². The van der Waals surface area contributed by atoms with Crippen LogP contribution >= 0.6 is 0 Å². The van der Waals surface area contributed by atoms with Crippen molar-refractivity contribution >= 4 is 5.91 Å². The summed E-state index contributed by atoms with van der Waals surface area (Å²) in [7, 11) is 1.89.